The van der Waals surface area contributed by atoms with Crippen molar-refractivity contribution in [2.75, 3.05) is 42.3 Å². The minimum atomic E-state index is 0.310. The summed E-state index contributed by atoms with van der Waals surface area (Å²) in [6.45, 7) is 7.41. The van der Waals surface area contributed by atoms with Crippen LogP contribution in [0.5, 0.6) is 0 Å². The van der Waals surface area contributed by atoms with Crippen LogP contribution in [0.25, 0.3) is 0 Å². The molecule has 0 radical (unpaired) electrons. The number of hydrogen-bond acceptors (Lipinski definition) is 6. The van der Waals surface area contributed by atoms with Crippen molar-refractivity contribution in [1.82, 2.24) is 9.97 Å². The van der Waals surface area contributed by atoms with E-state index in [-0.39, 0.29) is 0 Å². The summed E-state index contributed by atoms with van der Waals surface area (Å²) in [5, 5.41) is 3.24. The molecule has 2 heterocycles. The summed E-state index contributed by atoms with van der Waals surface area (Å²) in [5.74, 6) is 1.97. The highest BCUT2D eigenvalue weighted by molar-refractivity contribution is 5.53. The number of nitrogens with one attached hydrogen (secondary N) is 1. The quantitative estimate of drug-likeness (QED) is 0.834. The zero-order chi connectivity index (χ0) is 13.0. The molecule has 3 N–H and O–H groups in total. The molecule has 1 aromatic heterocycles. The van der Waals surface area contributed by atoms with Crippen LogP contribution in [-0.4, -0.2) is 42.3 Å². The molecule has 6 nitrogen and oxygen atoms in total. The second-order valence-electron chi connectivity index (χ2n) is 4.51. The molecule has 1 aliphatic heterocycles. The van der Waals surface area contributed by atoms with E-state index in [1.807, 2.05) is 6.07 Å². The lowest BCUT2D eigenvalue weighted by Gasteiger charge is -2.34. The van der Waals surface area contributed by atoms with E-state index in [1.54, 1.807) is 0 Å². The van der Waals surface area contributed by atoms with E-state index < -0.39 is 0 Å². The van der Waals surface area contributed by atoms with Gasteiger partial charge < -0.3 is 20.7 Å². The summed E-state index contributed by atoms with van der Waals surface area (Å²) < 4.78 is 5.43. The van der Waals surface area contributed by atoms with Gasteiger partial charge in [-0.1, -0.05) is 6.92 Å². The van der Waals surface area contributed by atoms with Crippen LogP contribution in [0.3, 0.4) is 0 Å². The molecule has 1 saturated heterocycles. The first-order valence-electron chi connectivity index (χ1n) is 6.43. The molecule has 0 aromatic carbocycles. The van der Waals surface area contributed by atoms with E-state index in [1.165, 1.54) is 0 Å². The molecule has 100 valence electrons. The van der Waals surface area contributed by atoms with Crippen molar-refractivity contribution in [3.63, 3.8) is 0 Å². The number of hydrogen-bond donors (Lipinski definition) is 2. The Balaban J connectivity index is 2.18. The molecule has 1 fully saturated rings. The molecule has 1 unspecified atom stereocenters. The van der Waals surface area contributed by atoms with Gasteiger partial charge in [0, 0.05) is 19.2 Å². The largest absolute Gasteiger partial charge is 0.377 e. The number of nitrogens with zero attached hydrogens (tertiary/aromatic N) is 3. The molecular formula is C12H21N5O. The third kappa shape index (κ3) is 3.01. The van der Waals surface area contributed by atoms with Crippen molar-refractivity contribution in [2.45, 2.75) is 26.3 Å². The van der Waals surface area contributed by atoms with Gasteiger partial charge in [-0.15, -0.1) is 0 Å². The Kier molecular flexibility index (Phi) is 4.19. The van der Waals surface area contributed by atoms with Gasteiger partial charge in [-0.2, -0.15) is 9.97 Å². The topological polar surface area (TPSA) is 76.3 Å². The van der Waals surface area contributed by atoms with Gasteiger partial charge in [-0.05, 0) is 13.3 Å². The van der Waals surface area contributed by atoms with Gasteiger partial charge >= 0.3 is 0 Å². The zero-order valence-electron chi connectivity index (χ0n) is 11.0. The fraction of sp³-hybridized carbons (Fsp3) is 0.667. The molecule has 1 aromatic rings. The second kappa shape index (κ2) is 5.86. The van der Waals surface area contributed by atoms with Gasteiger partial charge in [0.1, 0.15) is 11.6 Å². The van der Waals surface area contributed by atoms with E-state index in [4.69, 9.17) is 10.5 Å². The zero-order valence-corrected chi connectivity index (χ0v) is 11.0. The van der Waals surface area contributed by atoms with E-state index in [9.17, 15) is 0 Å². The normalized spacial score (nSPS) is 19.9. The van der Waals surface area contributed by atoms with Crippen molar-refractivity contribution in [3.05, 3.63) is 6.07 Å². The molecule has 6 heteroatoms. The van der Waals surface area contributed by atoms with Crippen molar-refractivity contribution in [1.29, 1.82) is 0 Å². The summed E-state index contributed by atoms with van der Waals surface area (Å²) >= 11 is 0. The van der Waals surface area contributed by atoms with Gasteiger partial charge in [0.2, 0.25) is 5.95 Å². The van der Waals surface area contributed by atoms with Crippen LogP contribution >= 0.6 is 0 Å². The second-order valence-corrected chi connectivity index (χ2v) is 4.51. The van der Waals surface area contributed by atoms with E-state index >= 15 is 0 Å². The molecule has 0 saturated carbocycles. The average Bonchev–Trinajstić information content (AvgIpc) is 2.36. The molecule has 18 heavy (non-hydrogen) atoms. The Hall–Kier alpha value is -1.56. The van der Waals surface area contributed by atoms with E-state index in [0.29, 0.717) is 12.0 Å². The smallest absolute Gasteiger partial charge is 0.223 e. The summed E-state index contributed by atoms with van der Waals surface area (Å²) in [7, 11) is 0. The fourth-order valence-electron chi connectivity index (χ4n) is 2.01. The molecule has 0 aliphatic carbocycles. The van der Waals surface area contributed by atoms with Crippen LogP contribution in [0, 0.1) is 0 Å². The number of morpholine rings is 1. The number of ether oxygens (including phenoxy) is 1. The Labute approximate surface area is 108 Å². The number of nitrogen functional groups attached to an aromatic ring is 1. The Morgan fingerprint density at radius 3 is 3.11 bits per heavy atom. The van der Waals surface area contributed by atoms with Crippen LogP contribution in [0.2, 0.25) is 0 Å². The maximum Gasteiger partial charge on any atom is 0.223 e. The summed E-state index contributed by atoms with van der Waals surface area (Å²) in [6.07, 6.45) is 1.05. The van der Waals surface area contributed by atoms with Gasteiger partial charge in [0.15, 0.2) is 0 Å². The number of anilines is 3. The molecular weight excluding hydrogens is 230 g/mol. The maximum absolute atomic E-state index is 5.76. The number of nitrogens with two attached hydrogens (primary N) is 1. The third-order valence-electron chi connectivity index (χ3n) is 2.95. The van der Waals surface area contributed by atoms with Crippen LogP contribution in [-0.2, 0) is 4.74 Å². The van der Waals surface area contributed by atoms with Crippen LogP contribution < -0.4 is 16.0 Å². The Bertz CT molecular complexity index is 398. The van der Waals surface area contributed by atoms with Gasteiger partial charge in [-0.25, -0.2) is 0 Å². The van der Waals surface area contributed by atoms with Crippen molar-refractivity contribution in [2.24, 2.45) is 0 Å². The minimum Gasteiger partial charge on any atom is -0.377 e. The third-order valence-corrected chi connectivity index (χ3v) is 2.95. The van der Waals surface area contributed by atoms with Crippen LogP contribution in [0.1, 0.15) is 20.3 Å². The number of aromatic nitrogens is 2. The van der Waals surface area contributed by atoms with Gasteiger partial charge in [-0.3, -0.25) is 0 Å². The van der Waals surface area contributed by atoms with E-state index in [2.05, 4.69) is 34.0 Å². The standard InChI is InChI=1S/C12H21N5O/c1-3-4-14-10-7-11(16-12(13)15-10)17-5-6-18-8-9(17)2/h7,9H,3-6,8H2,1-2H3,(H3,13,14,15,16). The summed E-state index contributed by atoms with van der Waals surface area (Å²) in [4.78, 5) is 10.7. The molecule has 0 spiro atoms. The van der Waals surface area contributed by atoms with Gasteiger partial charge in [0.05, 0.1) is 19.3 Å². The molecule has 0 amide bonds. The summed E-state index contributed by atoms with van der Waals surface area (Å²) in [5.41, 5.74) is 5.76. The predicted molar refractivity (Wildman–Crippen MR) is 72.9 cm³/mol. The lowest BCUT2D eigenvalue weighted by molar-refractivity contribution is 0.0985. The first-order valence-corrected chi connectivity index (χ1v) is 6.43. The molecule has 1 atom stereocenters. The van der Waals surface area contributed by atoms with Crippen molar-refractivity contribution < 1.29 is 4.74 Å². The first-order chi connectivity index (χ1) is 8.70. The summed E-state index contributed by atoms with van der Waals surface area (Å²) in [6, 6.07) is 2.26. The van der Waals surface area contributed by atoms with Crippen molar-refractivity contribution in [3.8, 4) is 0 Å². The maximum atomic E-state index is 5.76. The Morgan fingerprint density at radius 1 is 1.56 bits per heavy atom. The van der Waals surface area contributed by atoms with Crippen molar-refractivity contribution >= 4 is 17.6 Å². The SMILES string of the molecule is CCCNc1cc(N2CCOCC2C)nc(N)n1. The molecule has 2 rings (SSSR count). The molecule has 0 bridgehead atoms. The minimum absolute atomic E-state index is 0.310. The highest BCUT2D eigenvalue weighted by Crippen LogP contribution is 2.21. The lowest BCUT2D eigenvalue weighted by atomic mass is 10.2. The highest BCUT2D eigenvalue weighted by Gasteiger charge is 2.21. The van der Waals surface area contributed by atoms with Crippen LogP contribution in [0.4, 0.5) is 17.6 Å². The lowest BCUT2D eigenvalue weighted by Crippen LogP contribution is -2.44. The fourth-order valence-corrected chi connectivity index (χ4v) is 2.01. The van der Waals surface area contributed by atoms with Gasteiger partial charge in [0.25, 0.3) is 0 Å². The average molecular weight is 251 g/mol. The van der Waals surface area contributed by atoms with E-state index in [0.717, 1.165) is 44.4 Å². The predicted octanol–water partition coefficient (Wildman–Crippen LogP) is 1.11. The number of rotatable bonds is 4. The van der Waals surface area contributed by atoms with Crippen LogP contribution in [0.15, 0.2) is 6.07 Å². The Morgan fingerprint density at radius 2 is 2.39 bits per heavy atom. The molecule has 1 aliphatic rings. The monoisotopic (exact) mass is 251 g/mol. The highest BCUT2D eigenvalue weighted by atomic mass is 16.5. The first kappa shape index (κ1) is 12.9.